The highest BCUT2D eigenvalue weighted by Crippen LogP contribution is 2.49. The fourth-order valence-electron chi connectivity index (χ4n) is 5.14. The van der Waals surface area contributed by atoms with Gasteiger partial charge in [0.25, 0.3) is 5.91 Å². The molecule has 1 fully saturated rings. The van der Waals surface area contributed by atoms with E-state index in [1.54, 1.807) is 0 Å². The quantitative estimate of drug-likeness (QED) is 0.454. The third kappa shape index (κ3) is 5.93. The Morgan fingerprint density at radius 3 is 2.48 bits per heavy atom. The lowest BCUT2D eigenvalue weighted by Gasteiger charge is -2.38. The summed E-state index contributed by atoms with van der Waals surface area (Å²) in [5.41, 5.74) is 3.17. The van der Waals surface area contributed by atoms with E-state index in [-0.39, 0.29) is 5.91 Å². The molecule has 1 amide bonds. The molecule has 0 radical (unpaired) electrons. The molecule has 2 aromatic carbocycles. The van der Waals surface area contributed by atoms with Crippen molar-refractivity contribution in [3.63, 3.8) is 0 Å². The Morgan fingerprint density at radius 2 is 1.73 bits per heavy atom. The predicted molar refractivity (Wildman–Crippen MR) is 140 cm³/mol. The zero-order valence-electron chi connectivity index (χ0n) is 20.6. The molecule has 0 bridgehead atoms. The normalized spacial score (nSPS) is 17.5. The Morgan fingerprint density at radius 1 is 1.00 bits per heavy atom. The fraction of sp³-hybridized carbons (Fsp3) is 0.536. The van der Waals surface area contributed by atoms with Crippen LogP contribution in [0.4, 0.5) is 11.4 Å². The molecule has 4 nitrogen and oxygen atoms in total. The molecule has 1 N–H and O–H groups in total. The lowest BCUT2D eigenvalue weighted by Crippen LogP contribution is -2.35. The van der Waals surface area contributed by atoms with E-state index in [4.69, 9.17) is 0 Å². The summed E-state index contributed by atoms with van der Waals surface area (Å²) < 4.78 is 0. The molecule has 2 atom stereocenters. The molecule has 178 valence electrons. The van der Waals surface area contributed by atoms with Gasteiger partial charge in [0.2, 0.25) is 0 Å². The number of anilines is 2. The average molecular weight is 466 g/mol. The summed E-state index contributed by atoms with van der Waals surface area (Å²) >= 11 is 1.81. The summed E-state index contributed by atoms with van der Waals surface area (Å²) in [5.74, 6) is 1.24. The number of nitrogens with one attached hydrogen (secondary N) is 1. The number of likely N-dealkylation sites (tertiary alicyclic amines) is 1. The number of carbonyl (C=O) groups excluding carboxylic acids is 1. The number of carbonyl (C=O) groups is 1. The first-order chi connectivity index (χ1) is 15.9. The Balaban J connectivity index is 1.56. The molecule has 0 spiro atoms. The van der Waals surface area contributed by atoms with Crippen molar-refractivity contribution in [2.24, 2.45) is 11.8 Å². The van der Waals surface area contributed by atoms with Crippen LogP contribution in [0.25, 0.3) is 0 Å². The van der Waals surface area contributed by atoms with Crippen LogP contribution in [-0.2, 0) is 0 Å². The van der Waals surface area contributed by atoms with Gasteiger partial charge in [0.1, 0.15) is 0 Å². The van der Waals surface area contributed by atoms with Gasteiger partial charge in [-0.05, 0) is 87.9 Å². The number of hydrogen-bond acceptors (Lipinski definition) is 4. The van der Waals surface area contributed by atoms with Gasteiger partial charge in [0.05, 0.1) is 11.4 Å². The van der Waals surface area contributed by atoms with Gasteiger partial charge in [-0.15, -0.1) is 0 Å². The maximum atomic E-state index is 12.9. The fourth-order valence-corrected chi connectivity index (χ4v) is 6.20. The summed E-state index contributed by atoms with van der Waals surface area (Å²) in [5, 5.41) is 3.10. The van der Waals surface area contributed by atoms with E-state index in [0.717, 1.165) is 30.6 Å². The second-order valence-corrected chi connectivity index (χ2v) is 11.3. The van der Waals surface area contributed by atoms with Gasteiger partial charge in [0, 0.05) is 34.5 Å². The summed E-state index contributed by atoms with van der Waals surface area (Å²) in [7, 11) is 0. The highest BCUT2D eigenvalue weighted by molar-refractivity contribution is 7.99. The van der Waals surface area contributed by atoms with Crippen LogP contribution in [0, 0.1) is 11.8 Å². The second-order valence-electron chi connectivity index (χ2n) is 10.3. The average Bonchev–Trinajstić information content (AvgIpc) is 3.29. The minimum Gasteiger partial charge on any atom is -0.352 e. The molecule has 2 aliphatic rings. The van der Waals surface area contributed by atoms with Crippen molar-refractivity contribution in [2.75, 3.05) is 31.1 Å². The van der Waals surface area contributed by atoms with Crippen LogP contribution in [0.5, 0.6) is 0 Å². The zero-order chi connectivity index (χ0) is 23.4. The highest BCUT2D eigenvalue weighted by Gasteiger charge is 2.29. The minimum atomic E-state index is 0.0253. The number of benzene rings is 2. The SMILES string of the molecule is CC(C)CCNC(=O)c1ccc2c(c1)N(C(C)C[C@H](C)CN1CCCC1)c1ccccc1S2. The van der Waals surface area contributed by atoms with Crippen molar-refractivity contribution in [3.8, 4) is 0 Å². The number of nitrogens with zero attached hydrogens (tertiary/aromatic N) is 2. The Hall–Kier alpha value is -1.98. The number of para-hydroxylation sites is 1. The first kappa shape index (κ1) is 24.2. The first-order valence-electron chi connectivity index (χ1n) is 12.6. The lowest BCUT2D eigenvalue weighted by molar-refractivity contribution is 0.0952. The molecule has 1 saturated heterocycles. The largest absolute Gasteiger partial charge is 0.352 e. The van der Waals surface area contributed by atoms with Crippen LogP contribution < -0.4 is 10.2 Å². The molecule has 0 saturated carbocycles. The van der Waals surface area contributed by atoms with Gasteiger partial charge in [-0.25, -0.2) is 0 Å². The van der Waals surface area contributed by atoms with Crippen molar-refractivity contribution in [3.05, 3.63) is 48.0 Å². The van der Waals surface area contributed by atoms with E-state index in [1.165, 1.54) is 48.0 Å². The Kier molecular flexibility index (Phi) is 8.02. The monoisotopic (exact) mass is 465 g/mol. The van der Waals surface area contributed by atoms with Gasteiger partial charge < -0.3 is 15.1 Å². The van der Waals surface area contributed by atoms with Crippen molar-refractivity contribution in [2.45, 2.75) is 69.2 Å². The zero-order valence-corrected chi connectivity index (χ0v) is 21.5. The number of amides is 1. The molecule has 2 heterocycles. The minimum absolute atomic E-state index is 0.0253. The molecular formula is C28H39N3OS. The van der Waals surface area contributed by atoms with Crippen LogP contribution >= 0.6 is 11.8 Å². The molecule has 33 heavy (non-hydrogen) atoms. The van der Waals surface area contributed by atoms with Gasteiger partial charge in [-0.3, -0.25) is 4.79 Å². The topological polar surface area (TPSA) is 35.6 Å². The van der Waals surface area contributed by atoms with E-state index in [1.807, 2.05) is 17.8 Å². The summed E-state index contributed by atoms with van der Waals surface area (Å²) in [6.45, 7) is 13.5. The predicted octanol–water partition coefficient (Wildman–Crippen LogP) is 6.58. The summed E-state index contributed by atoms with van der Waals surface area (Å²) in [4.78, 5) is 20.5. The van der Waals surface area contributed by atoms with Crippen LogP contribution in [0.3, 0.4) is 0 Å². The van der Waals surface area contributed by atoms with Gasteiger partial charge in [-0.1, -0.05) is 44.7 Å². The summed E-state index contributed by atoms with van der Waals surface area (Å²) in [6, 6.07) is 15.2. The Bertz CT molecular complexity index is 954. The Labute approximate surface area is 204 Å². The van der Waals surface area contributed by atoms with Crippen LogP contribution in [0.1, 0.15) is 63.7 Å². The van der Waals surface area contributed by atoms with Crippen molar-refractivity contribution < 1.29 is 4.79 Å². The third-order valence-corrected chi connectivity index (χ3v) is 7.92. The molecule has 5 heteroatoms. The van der Waals surface area contributed by atoms with Crippen molar-refractivity contribution in [1.82, 2.24) is 10.2 Å². The van der Waals surface area contributed by atoms with E-state index < -0.39 is 0 Å². The van der Waals surface area contributed by atoms with E-state index >= 15 is 0 Å². The third-order valence-electron chi connectivity index (χ3n) is 6.79. The maximum Gasteiger partial charge on any atom is 0.251 e. The van der Waals surface area contributed by atoms with Gasteiger partial charge in [-0.2, -0.15) is 0 Å². The van der Waals surface area contributed by atoms with Crippen LogP contribution in [-0.4, -0.2) is 43.0 Å². The molecule has 4 rings (SSSR count). The molecule has 0 aromatic heterocycles. The highest BCUT2D eigenvalue weighted by atomic mass is 32.2. The second kappa shape index (κ2) is 11.0. The number of fused-ring (bicyclic) bond motifs is 2. The van der Waals surface area contributed by atoms with E-state index in [0.29, 0.717) is 17.9 Å². The van der Waals surface area contributed by atoms with Crippen molar-refractivity contribution >= 4 is 29.0 Å². The number of hydrogen-bond donors (Lipinski definition) is 1. The van der Waals surface area contributed by atoms with E-state index in [9.17, 15) is 4.79 Å². The molecule has 2 aliphatic heterocycles. The molecular weight excluding hydrogens is 426 g/mol. The molecule has 0 aliphatic carbocycles. The van der Waals surface area contributed by atoms with E-state index in [2.05, 4.69) is 79.2 Å². The van der Waals surface area contributed by atoms with Gasteiger partial charge >= 0.3 is 0 Å². The molecule has 1 unspecified atom stereocenters. The molecule has 2 aromatic rings. The summed E-state index contributed by atoms with van der Waals surface area (Å²) in [6.07, 6.45) is 4.81. The first-order valence-corrected chi connectivity index (χ1v) is 13.4. The lowest BCUT2D eigenvalue weighted by atomic mass is 9.99. The number of rotatable bonds is 9. The van der Waals surface area contributed by atoms with Crippen LogP contribution in [0.15, 0.2) is 52.3 Å². The van der Waals surface area contributed by atoms with Gasteiger partial charge in [0.15, 0.2) is 0 Å². The van der Waals surface area contributed by atoms with Crippen LogP contribution in [0.2, 0.25) is 0 Å². The maximum absolute atomic E-state index is 12.9. The smallest absolute Gasteiger partial charge is 0.251 e. The standard InChI is InChI=1S/C28H39N3OS/c1-20(2)13-14-29-28(32)23-11-12-27-25(18-23)31(24-9-5-6-10-26(24)33-27)22(4)17-21(3)19-30-15-7-8-16-30/h5-6,9-12,18,20-22H,7-8,13-17,19H2,1-4H3,(H,29,32)/t21-,22?/m0/s1. The van der Waals surface area contributed by atoms with Crippen molar-refractivity contribution in [1.29, 1.82) is 0 Å².